The van der Waals surface area contributed by atoms with Gasteiger partial charge in [0.15, 0.2) is 5.78 Å². The van der Waals surface area contributed by atoms with Crippen LogP contribution in [0.5, 0.6) is 0 Å². The van der Waals surface area contributed by atoms with Crippen molar-refractivity contribution >= 4 is 21.7 Å². The molecule has 3 rings (SSSR count). The summed E-state index contributed by atoms with van der Waals surface area (Å²) in [4.78, 5) is 12.5. The van der Waals surface area contributed by atoms with Gasteiger partial charge in [-0.25, -0.2) is 4.39 Å². The summed E-state index contributed by atoms with van der Waals surface area (Å²) in [6, 6.07) is 12.8. The maximum atomic E-state index is 13.2. The lowest BCUT2D eigenvalue weighted by Gasteiger charge is -2.23. The Morgan fingerprint density at radius 3 is 2.80 bits per heavy atom. The monoisotopic (exact) mass is 332 g/mol. The van der Waals surface area contributed by atoms with E-state index >= 15 is 0 Å². The second-order valence-corrected chi connectivity index (χ2v) is 6.06. The van der Waals surface area contributed by atoms with Crippen LogP contribution < -0.4 is 0 Å². The summed E-state index contributed by atoms with van der Waals surface area (Å²) in [5.41, 5.74) is 3.00. The highest BCUT2D eigenvalue weighted by atomic mass is 79.9. The third-order valence-electron chi connectivity index (χ3n) is 3.88. The van der Waals surface area contributed by atoms with Gasteiger partial charge in [0.1, 0.15) is 5.82 Å². The SMILES string of the molecule is O=C1c2ccccc2CCC1Cc1ccc(F)c(Br)c1. The minimum absolute atomic E-state index is 0.00209. The van der Waals surface area contributed by atoms with Gasteiger partial charge in [-0.15, -0.1) is 0 Å². The summed E-state index contributed by atoms with van der Waals surface area (Å²) in [6.07, 6.45) is 2.48. The Labute approximate surface area is 126 Å². The van der Waals surface area contributed by atoms with Crippen molar-refractivity contribution in [1.82, 2.24) is 0 Å². The zero-order chi connectivity index (χ0) is 14.1. The number of hydrogen-bond donors (Lipinski definition) is 0. The average molecular weight is 333 g/mol. The van der Waals surface area contributed by atoms with Crippen LogP contribution in [0.2, 0.25) is 0 Å². The average Bonchev–Trinajstić information content (AvgIpc) is 2.46. The van der Waals surface area contributed by atoms with E-state index in [0.29, 0.717) is 10.9 Å². The fourth-order valence-electron chi connectivity index (χ4n) is 2.81. The van der Waals surface area contributed by atoms with Crippen molar-refractivity contribution in [2.24, 2.45) is 5.92 Å². The lowest BCUT2D eigenvalue weighted by molar-refractivity contribution is 0.0901. The molecule has 102 valence electrons. The first-order valence-corrected chi connectivity index (χ1v) is 7.50. The number of fused-ring (bicyclic) bond motifs is 1. The number of carbonyl (C=O) groups excluding carboxylic acids is 1. The summed E-state index contributed by atoms with van der Waals surface area (Å²) in [5, 5.41) is 0. The van der Waals surface area contributed by atoms with E-state index < -0.39 is 0 Å². The Bertz CT molecular complexity index is 666. The number of carbonyl (C=O) groups is 1. The highest BCUT2D eigenvalue weighted by Crippen LogP contribution is 2.28. The maximum Gasteiger partial charge on any atom is 0.166 e. The molecule has 1 aliphatic rings. The normalized spacial score (nSPS) is 17.9. The second-order valence-electron chi connectivity index (χ2n) is 5.21. The summed E-state index contributed by atoms with van der Waals surface area (Å²) in [7, 11) is 0. The van der Waals surface area contributed by atoms with Gasteiger partial charge in [0, 0.05) is 11.5 Å². The van der Waals surface area contributed by atoms with E-state index in [9.17, 15) is 9.18 Å². The number of hydrogen-bond acceptors (Lipinski definition) is 1. The first-order valence-electron chi connectivity index (χ1n) is 6.71. The third-order valence-corrected chi connectivity index (χ3v) is 4.49. The summed E-state index contributed by atoms with van der Waals surface area (Å²) >= 11 is 3.19. The summed E-state index contributed by atoms with van der Waals surface area (Å²) in [6.45, 7) is 0. The Morgan fingerprint density at radius 1 is 1.20 bits per heavy atom. The predicted octanol–water partition coefficient (Wildman–Crippen LogP) is 4.58. The molecular formula is C17H14BrFO. The van der Waals surface area contributed by atoms with Gasteiger partial charge >= 0.3 is 0 Å². The van der Waals surface area contributed by atoms with Crippen LogP contribution in [0.3, 0.4) is 0 Å². The Kier molecular flexibility index (Phi) is 3.70. The number of halogens is 2. The zero-order valence-electron chi connectivity index (χ0n) is 10.9. The predicted molar refractivity (Wildman–Crippen MR) is 80.4 cm³/mol. The molecule has 1 aliphatic carbocycles. The van der Waals surface area contributed by atoms with E-state index in [1.165, 1.54) is 6.07 Å². The van der Waals surface area contributed by atoms with Crippen molar-refractivity contribution in [3.8, 4) is 0 Å². The van der Waals surface area contributed by atoms with Crippen LogP contribution in [-0.2, 0) is 12.8 Å². The van der Waals surface area contributed by atoms with Crippen molar-refractivity contribution < 1.29 is 9.18 Å². The minimum Gasteiger partial charge on any atom is -0.294 e. The van der Waals surface area contributed by atoms with Crippen molar-refractivity contribution in [1.29, 1.82) is 0 Å². The minimum atomic E-state index is -0.269. The molecule has 0 aliphatic heterocycles. The first kappa shape index (κ1) is 13.5. The van der Waals surface area contributed by atoms with Gasteiger partial charge in [-0.3, -0.25) is 4.79 Å². The molecule has 0 saturated heterocycles. The number of aryl methyl sites for hydroxylation is 1. The third kappa shape index (κ3) is 2.55. The quantitative estimate of drug-likeness (QED) is 0.786. The Hall–Kier alpha value is -1.48. The molecule has 3 heteroatoms. The molecule has 0 amide bonds. The van der Waals surface area contributed by atoms with Crippen molar-refractivity contribution in [3.05, 3.63) is 69.4 Å². The molecule has 1 atom stereocenters. The fourth-order valence-corrected chi connectivity index (χ4v) is 3.23. The number of rotatable bonds is 2. The van der Waals surface area contributed by atoms with Crippen LogP contribution >= 0.6 is 15.9 Å². The molecule has 0 bridgehead atoms. The van der Waals surface area contributed by atoms with E-state index in [-0.39, 0.29) is 17.5 Å². The largest absolute Gasteiger partial charge is 0.294 e. The maximum absolute atomic E-state index is 13.2. The number of benzene rings is 2. The number of ketones is 1. The highest BCUT2D eigenvalue weighted by molar-refractivity contribution is 9.10. The topological polar surface area (TPSA) is 17.1 Å². The molecule has 1 unspecified atom stereocenters. The van der Waals surface area contributed by atoms with Gasteiger partial charge in [-0.05, 0) is 58.5 Å². The summed E-state index contributed by atoms with van der Waals surface area (Å²) in [5.74, 6) is -0.0522. The molecule has 0 fully saturated rings. The van der Waals surface area contributed by atoms with Gasteiger partial charge in [-0.1, -0.05) is 30.3 Å². The molecule has 20 heavy (non-hydrogen) atoms. The van der Waals surface area contributed by atoms with Crippen LogP contribution in [-0.4, -0.2) is 5.78 Å². The van der Waals surface area contributed by atoms with Gasteiger partial charge in [0.25, 0.3) is 0 Å². The van der Waals surface area contributed by atoms with E-state index in [0.717, 1.165) is 29.5 Å². The highest BCUT2D eigenvalue weighted by Gasteiger charge is 2.27. The van der Waals surface area contributed by atoms with Crippen LogP contribution in [0.4, 0.5) is 4.39 Å². The molecule has 0 aromatic heterocycles. The van der Waals surface area contributed by atoms with Crippen molar-refractivity contribution in [2.45, 2.75) is 19.3 Å². The Balaban J connectivity index is 1.83. The van der Waals surface area contributed by atoms with E-state index in [2.05, 4.69) is 15.9 Å². The lowest BCUT2D eigenvalue weighted by atomic mass is 9.80. The molecule has 0 saturated carbocycles. The van der Waals surface area contributed by atoms with Crippen molar-refractivity contribution in [3.63, 3.8) is 0 Å². The molecule has 1 nitrogen and oxygen atoms in total. The van der Waals surface area contributed by atoms with E-state index in [1.807, 2.05) is 24.3 Å². The van der Waals surface area contributed by atoms with Crippen LogP contribution in [0, 0.1) is 11.7 Å². The first-order chi connectivity index (χ1) is 9.65. The Morgan fingerprint density at radius 2 is 2.00 bits per heavy atom. The van der Waals surface area contributed by atoms with Crippen molar-refractivity contribution in [2.75, 3.05) is 0 Å². The van der Waals surface area contributed by atoms with Crippen LogP contribution in [0.25, 0.3) is 0 Å². The van der Waals surface area contributed by atoms with Crippen LogP contribution in [0.1, 0.15) is 27.9 Å². The molecule has 0 radical (unpaired) electrons. The summed E-state index contributed by atoms with van der Waals surface area (Å²) < 4.78 is 13.7. The molecule has 2 aromatic carbocycles. The molecule has 0 spiro atoms. The molecule has 0 N–H and O–H groups in total. The van der Waals surface area contributed by atoms with Gasteiger partial charge in [0.05, 0.1) is 4.47 Å². The standard InChI is InChI=1S/C17H14BrFO/c18-15-10-11(5-8-16(15)19)9-13-7-6-12-3-1-2-4-14(12)17(13)20/h1-5,8,10,13H,6-7,9H2. The second kappa shape index (κ2) is 5.49. The van der Waals surface area contributed by atoms with Gasteiger partial charge in [-0.2, -0.15) is 0 Å². The van der Waals surface area contributed by atoms with Crippen LogP contribution in [0.15, 0.2) is 46.9 Å². The van der Waals surface area contributed by atoms with E-state index in [4.69, 9.17) is 0 Å². The number of Topliss-reactive ketones (excluding diaryl/α,β-unsaturated/α-hetero) is 1. The fraction of sp³-hybridized carbons (Fsp3) is 0.235. The lowest BCUT2D eigenvalue weighted by Crippen LogP contribution is -2.24. The van der Waals surface area contributed by atoms with E-state index in [1.54, 1.807) is 12.1 Å². The molecular weight excluding hydrogens is 319 g/mol. The molecule has 2 aromatic rings. The van der Waals surface area contributed by atoms with Gasteiger partial charge < -0.3 is 0 Å². The van der Waals surface area contributed by atoms with Gasteiger partial charge in [0.2, 0.25) is 0 Å². The smallest absolute Gasteiger partial charge is 0.166 e. The zero-order valence-corrected chi connectivity index (χ0v) is 12.5. The molecule has 0 heterocycles.